The molecule has 0 radical (unpaired) electrons. The van der Waals surface area contributed by atoms with E-state index >= 15 is 0 Å². The Kier molecular flexibility index (Phi) is 3.78. The van der Waals surface area contributed by atoms with Crippen molar-refractivity contribution in [2.24, 2.45) is 7.05 Å². The lowest BCUT2D eigenvalue weighted by Gasteiger charge is -2.07. The molecule has 3 N–H and O–H groups in total. The molecule has 1 aromatic heterocycles. The summed E-state index contributed by atoms with van der Waals surface area (Å²) in [7, 11) is 1.90. The molecule has 0 aliphatic heterocycles. The van der Waals surface area contributed by atoms with Crippen LogP contribution >= 0.6 is 0 Å². The van der Waals surface area contributed by atoms with Gasteiger partial charge in [0.05, 0.1) is 12.6 Å². The van der Waals surface area contributed by atoms with Crippen LogP contribution in [0.5, 0.6) is 11.5 Å². The van der Waals surface area contributed by atoms with Crippen LogP contribution in [0.4, 0.5) is 0 Å². The second-order valence-electron chi connectivity index (χ2n) is 5.60. The van der Waals surface area contributed by atoms with Crippen molar-refractivity contribution >= 4 is 16.8 Å². The fourth-order valence-corrected chi connectivity index (χ4v) is 2.80. The molecule has 3 rings (SSSR count). The van der Waals surface area contributed by atoms with E-state index in [-0.39, 0.29) is 29.3 Å². The number of nitrogens with zero attached hydrogens (tertiary/aromatic N) is 1. The first kappa shape index (κ1) is 15.1. The summed E-state index contributed by atoms with van der Waals surface area (Å²) >= 11 is 0. The number of aromatic amines is 1. The molecule has 2 aromatic carbocycles. The SMILES string of the molecule is CCc1cc(C(=O)Cc2[nH]c3ccccc3[n+]2C)c(O)cc1O. The zero-order valence-corrected chi connectivity index (χ0v) is 13.1. The number of ketones is 1. The Hall–Kier alpha value is -2.82. The fraction of sp³-hybridized carbons (Fsp3) is 0.222. The van der Waals surface area contributed by atoms with E-state index in [0.717, 1.165) is 16.9 Å². The van der Waals surface area contributed by atoms with Crippen molar-refractivity contribution in [2.75, 3.05) is 0 Å². The maximum atomic E-state index is 12.6. The highest BCUT2D eigenvalue weighted by Gasteiger charge is 2.21. The van der Waals surface area contributed by atoms with Gasteiger partial charge in [0.25, 0.3) is 5.82 Å². The molecule has 5 heteroatoms. The van der Waals surface area contributed by atoms with E-state index in [1.165, 1.54) is 6.07 Å². The van der Waals surface area contributed by atoms with Gasteiger partial charge in [-0.25, -0.2) is 9.55 Å². The monoisotopic (exact) mass is 311 g/mol. The van der Waals surface area contributed by atoms with Crippen molar-refractivity contribution in [3.05, 3.63) is 53.3 Å². The van der Waals surface area contributed by atoms with Gasteiger partial charge in [-0.05, 0) is 30.2 Å². The van der Waals surface area contributed by atoms with Crippen LogP contribution in [0.3, 0.4) is 0 Å². The topological polar surface area (TPSA) is 77.2 Å². The number of carbonyl (C=O) groups is 1. The minimum absolute atomic E-state index is 0.0118. The second kappa shape index (κ2) is 5.76. The van der Waals surface area contributed by atoms with Crippen molar-refractivity contribution < 1.29 is 19.6 Å². The van der Waals surface area contributed by atoms with Crippen LogP contribution in [0.25, 0.3) is 11.0 Å². The van der Waals surface area contributed by atoms with Gasteiger partial charge in [0.2, 0.25) is 0 Å². The average molecular weight is 311 g/mol. The number of aryl methyl sites for hydroxylation is 2. The molecule has 0 saturated heterocycles. The quantitative estimate of drug-likeness (QED) is 0.511. The van der Waals surface area contributed by atoms with E-state index in [4.69, 9.17) is 0 Å². The first-order chi connectivity index (χ1) is 11.0. The van der Waals surface area contributed by atoms with Crippen LogP contribution in [0.2, 0.25) is 0 Å². The molecule has 118 valence electrons. The molecule has 23 heavy (non-hydrogen) atoms. The van der Waals surface area contributed by atoms with E-state index in [9.17, 15) is 15.0 Å². The predicted octanol–water partition coefficient (Wildman–Crippen LogP) is 2.39. The third kappa shape index (κ3) is 2.65. The van der Waals surface area contributed by atoms with Gasteiger partial charge in [-0.2, -0.15) is 0 Å². The molecule has 1 heterocycles. The Balaban J connectivity index is 1.96. The lowest BCUT2D eigenvalue weighted by molar-refractivity contribution is -0.652. The van der Waals surface area contributed by atoms with Gasteiger partial charge < -0.3 is 10.2 Å². The lowest BCUT2D eigenvalue weighted by Crippen LogP contribution is -2.33. The summed E-state index contributed by atoms with van der Waals surface area (Å²) in [4.78, 5) is 15.8. The number of imidazole rings is 1. The highest BCUT2D eigenvalue weighted by atomic mass is 16.3. The number of hydrogen-bond donors (Lipinski definition) is 3. The van der Waals surface area contributed by atoms with Crippen molar-refractivity contribution in [3.8, 4) is 11.5 Å². The van der Waals surface area contributed by atoms with Gasteiger partial charge in [0.1, 0.15) is 17.9 Å². The number of benzene rings is 2. The summed E-state index contributed by atoms with van der Waals surface area (Å²) in [6.45, 7) is 1.89. The number of carbonyl (C=O) groups excluding carboxylic acids is 1. The maximum absolute atomic E-state index is 12.6. The first-order valence-corrected chi connectivity index (χ1v) is 7.55. The van der Waals surface area contributed by atoms with Gasteiger partial charge >= 0.3 is 0 Å². The number of Topliss-reactive ketones (excluding diaryl/α,β-unsaturated/α-hetero) is 1. The molecule has 5 nitrogen and oxygen atoms in total. The molecule has 0 saturated carbocycles. The summed E-state index contributed by atoms with van der Waals surface area (Å²) in [6.07, 6.45) is 0.735. The van der Waals surface area contributed by atoms with Crippen LogP contribution in [0, 0.1) is 0 Å². The Morgan fingerprint density at radius 1 is 1.17 bits per heavy atom. The number of aromatic nitrogens is 2. The molecule has 3 aromatic rings. The van der Waals surface area contributed by atoms with Crippen molar-refractivity contribution in [2.45, 2.75) is 19.8 Å². The number of aromatic hydroxyl groups is 2. The zero-order chi connectivity index (χ0) is 16.6. The lowest BCUT2D eigenvalue weighted by atomic mass is 10.0. The van der Waals surface area contributed by atoms with Crippen LogP contribution < -0.4 is 4.57 Å². The van der Waals surface area contributed by atoms with Crippen LogP contribution in [0.15, 0.2) is 36.4 Å². The number of rotatable bonds is 4. The maximum Gasteiger partial charge on any atom is 0.262 e. The minimum Gasteiger partial charge on any atom is -0.508 e. The van der Waals surface area contributed by atoms with Crippen LogP contribution in [-0.4, -0.2) is 21.0 Å². The Morgan fingerprint density at radius 3 is 2.61 bits per heavy atom. The smallest absolute Gasteiger partial charge is 0.262 e. The number of para-hydroxylation sites is 2. The average Bonchev–Trinajstić information content (AvgIpc) is 2.84. The van der Waals surface area contributed by atoms with Gasteiger partial charge in [-0.15, -0.1) is 0 Å². The zero-order valence-electron chi connectivity index (χ0n) is 13.1. The molecule has 0 amide bonds. The number of fused-ring (bicyclic) bond motifs is 1. The Bertz CT molecular complexity index is 897. The number of H-pyrrole nitrogens is 1. The standard InChI is InChI=1S/C18H18N2O3/c1-3-11-8-12(16(22)9-15(11)21)17(23)10-18-19-13-6-4-5-7-14(13)20(18)2/h4-9H,3,10H2,1-2H3,(H2,21,22,23)/p+1. The van der Waals surface area contributed by atoms with Crippen molar-refractivity contribution in [1.82, 2.24) is 4.98 Å². The Labute approximate surface area is 133 Å². The summed E-state index contributed by atoms with van der Waals surface area (Å²) < 4.78 is 1.94. The summed E-state index contributed by atoms with van der Waals surface area (Å²) in [5, 5.41) is 19.7. The van der Waals surface area contributed by atoms with Crippen LogP contribution in [-0.2, 0) is 19.9 Å². The molecule has 0 aliphatic carbocycles. The molecular formula is C18H19N2O3+. The number of phenols is 2. The molecule has 0 unspecified atom stereocenters. The molecular weight excluding hydrogens is 292 g/mol. The predicted molar refractivity (Wildman–Crippen MR) is 86.7 cm³/mol. The number of hydrogen-bond acceptors (Lipinski definition) is 3. The van der Waals surface area contributed by atoms with Crippen molar-refractivity contribution in [1.29, 1.82) is 0 Å². The van der Waals surface area contributed by atoms with Crippen LogP contribution in [0.1, 0.15) is 28.7 Å². The van der Waals surface area contributed by atoms with Gasteiger partial charge in [-0.3, -0.25) is 4.79 Å². The van der Waals surface area contributed by atoms with Gasteiger partial charge in [-0.1, -0.05) is 19.1 Å². The van der Waals surface area contributed by atoms with E-state index < -0.39 is 0 Å². The fourth-order valence-electron chi connectivity index (χ4n) is 2.80. The summed E-state index contributed by atoms with van der Waals surface area (Å²) in [5.41, 5.74) is 2.85. The highest BCUT2D eigenvalue weighted by molar-refractivity contribution is 6.00. The van der Waals surface area contributed by atoms with Gasteiger partial charge in [0.15, 0.2) is 16.8 Å². The molecule has 0 fully saturated rings. The van der Waals surface area contributed by atoms with E-state index in [1.54, 1.807) is 6.07 Å². The largest absolute Gasteiger partial charge is 0.508 e. The normalized spacial score (nSPS) is 11.0. The molecule has 0 spiro atoms. The molecule has 0 aliphatic rings. The number of nitrogens with one attached hydrogen (secondary N) is 1. The van der Waals surface area contributed by atoms with Crippen molar-refractivity contribution in [3.63, 3.8) is 0 Å². The Morgan fingerprint density at radius 2 is 1.91 bits per heavy atom. The van der Waals surface area contributed by atoms with E-state index in [0.29, 0.717) is 12.0 Å². The third-order valence-electron chi connectivity index (χ3n) is 4.16. The summed E-state index contributed by atoms with van der Waals surface area (Å²) in [6, 6.07) is 10.6. The van der Waals surface area contributed by atoms with E-state index in [2.05, 4.69) is 4.98 Å². The van der Waals surface area contributed by atoms with Gasteiger partial charge in [0, 0.05) is 6.07 Å². The molecule has 0 bridgehead atoms. The first-order valence-electron chi connectivity index (χ1n) is 7.55. The second-order valence-corrected chi connectivity index (χ2v) is 5.60. The number of phenolic OH excluding ortho intramolecular Hbond substituents is 2. The third-order valence-corrected chi connectivity index (χ3v) is 4.16. The summed E-state index contributed by atoms with van der Waals surface area (Å²) in [5.74, 6) is 0.391. The molecule has 0 atom stereocenters. The minimum atomic E-state index is -0.195. The van der Waals surface area contributed by atoms with E-state index in [1.807, 2.05) is 42.8 Å². The highest BCUT2D eigenvalue weighted by Crippen LogP contribution is 2.28.